The highest BCUT2D eigenvalue weighted by molar-refractivity contribution is 9.10. The topological polar surface area (TPSA) is 76.0 Å². The van der Waals surface area contributed by atoms with Crippen LogP contribution in [0.15, 0.2) is 15.5 Å². The lowest BCUT2D eigenvalue weighted by Crippen LogP contribution is -2.42. The molecule has 0 spiro atoms. The van der Waals surface area contributed by atoms with Gasteiger partial charge in [-0.2, -0.15) is 5.10 Å². The number of piperidine rings is 1. The first-order valence-electron chi connectivity index (χ1n) is 5.33. The van der Waals surface area contributed by atoms with Crippen molar-refractivity contribution in [1.29, 1.82) is 0 Å². The minimum Gasteiger partial charge on any atom is -0.378 e. The predicted octanol–water partition coefficient (Wildman–Crippen LogP) is 0.233. The van der Waals surface area contributed by atoms with Crippen LogP contribution in [-0.2, 0) is 11.8 Å². The number of carbonyl (C=O) groups excluding carboxylic acids is 1. The molecule has 1 fully saturated rings. The summed E-state index contributed by atoms with van der Waals surface area (Å²) in [4.78, 5) is 22.6. The molecule has 1 aliphatic rings. The van der Waals surface area contributed by atoms with Crippen LogP contribution < -0.4 is 16.2 Å². The van der Waals surface area contributed by atoms with Gasteiger partial charge >= 0.3 is 0 Å². The smallest absolute Gasteiger partial charge is 0.282 e. The zero-order valence-corrected chi connectivity index (χ0v) is 11.0. The van der Waals surface area contributed by atoms with Gasteiger partial charge in [-0.05, 0) is 22.4 Å². The molecule has 92 valence electrons. The fraction of sp³-hybridized carbons (Fsp3) is 0.500. The molecule has 1 unspecified atom stereocenters. The van der Waals surface area contributed by atoms with Crippen LogP contribution in [0, 0.1) is 0 Å². The lowest BCUT2D eigenvalue weighted by atomic mass is 10.1. The van der Waals surface area contributed by atoms with E-state index in [1.54, 1.807) is 13.2 Å². The van der Waals surface area contributed by atoms with Gasteiger partial charge in [0.2, 0.25) is 5.91 Å². The molecule has 1 amide bonds. The fourth-order valence-corrected chi connectivity index (χ4v) is 2.16. The Hall–Kier alpha value is -1.37. The zero-order valence-electron chi connectivity index (χ0n) is 9.36. The highest BCUT2D eigenvalue weighted by Gasteiger charge is 2.19. The average molecular weight is 301 g/mol. The van der Waals surface area contributed by atoms with Crippen LogP contribution in [0.4, 0.5) is 5.69 Å². The van der Waals surface area contributed by atoms with Crippen molar-refractivity contribution in [3.8, 4) is 0 Å². The number of anilines is 1. The van der Waals surface area contributed by atoms with E-state index < -0.39 is 0 Å². The van der Waals surface area contributed by atoms with Gasteiger partial charge < -0.3 is 10.6 Å². The van der Waals surface area contributed by atoms with Crippen molar-refractivity contribution in [2.45, 2.75) is 18.9 Å². The molecule has 6 nitrogen and oxygen atoms in total. The van der Waals surface area contributed by atoms with E-state index in [1.165, 1.54) is 4.68 Å². The van der Waals surface area contributed by atoms with E-state index in [1.807, 2.05) is 0 Å². The van der Waals surface area contributed by atoms with Gasteiger partial charge in [0.05, 0.1) is 11.9 Å². The van der Waals surface area contributed by atoms with Crippen LogP contribution in [0.5, 0.6) is 0 Å². The van der Waals surface area contributed by atoms with Crippen molar-refractivity contribution < 1.29 is 4.79 Å². The van der Waals surface area contributed by atoms with Crippen LogP contribution in [0.25, 0.3) is 0 Å². The second-order valence-electron chi connectivity index (χ2n) is 3.98. The van der Waals surface area contributed by atoms with Crippen LogP contribution in [0.3, 0.4) is 0 Å². The van der Waals surface area contributed by atoms with Gasteiger partial charge in [-0.15, -0.1) is 0 Å². The minimum absolute atomic E-state index is 0.0733. The largest absolute Gasteiger partial charge is 0.378 e. The molecule has 1 aliphatic heterocycles. The molecule has 17 heavy (non-hydrogen) atoms. The van der Waals surface area contributed by atoms with Crippen molar-refractivity contribution in [3.05, 3.63) is 21.0 Å². The molecule has 1 aromatic rings. The van der Waals surface area contributed by atoms with E-state index >= 15 is 0 Å². The summed E-state index contributed by atoms with van der Waals surface area (Å²) >= 11 is 3.25. The molecular formula is C10H13BrN4O2. The third-order valence-corrected chi connectivity index (χ3v) is 3.47. The Labute approximate surface area is 107 Å². The molecule has 2 rings (SSSR count). The number of hydrogen-bond donors (Lipinski definition) is 2. The number of nitrogens with one attached hydrogen (secondary N) is 2. The molecular weight excluding hydrogens is 288 g/mol. The van der Waals surface area contributed by atoms with Gasteiger partial charge in [-0.1, -0.05) is 0 Å². The first-order valence-corrected chi connectivity index (χ1v) is 6.12. The molecule has 0 aliphatic carbocycles. The molecule has 1 aromatic heterocycles. The van der Waals surface area contributed by atoms with E-state index in [0.717, 1.165) is 6.42 Å². The quantitative estimate of drug-likeness (QED) is 0.820. The van der Waals surface area contributed by atoms with E-state index in [9.17, 15) is 9.59 Å². The number of aryl methyl sites for hydroxylation is 1. The van der Waals surface area contributed by atoms with E-state index in [-0.39, 0.29) is 17.5 Å². The summed E-state index contributed by atoms with van der Waals surface area (Å²) in [5, 5.41) is 9.92. The maximum absolute atomic E-state index is 11.6. The molecule has 1 atom stereocenters. The molecule has 0 aromatic carbocycles. The van der Waals surface area contributed by atoms with Crippen molar-refractivity contribution in [2.75, 3.05) is 11.9 Å². The first kappa shape index (κ1) is 12.1. The second-order valence-corrected chi connectivity index (χ2v) is 4.78. The lowest BCUT2D eigenvalue weighted by Gasteiger charge is -2.24. The van der Waals surface area contributed by atoms with Gasteiger partial charge in [0, 0.05) is 26.1 Å². The van der Waals surface area contributed by atoms with Crippen molar-refractivity contribution >= 4 is 27.5 Å². The second kappa shape index (κ2) is 4.87. The van der Waals surface area contributed by atoms with E-state index in [2.05, 4.69) is 31.7 Å². The van der Waals surface area contributed by atoms with Crippen LogP contribution in [0.1, 0.15) is 12.8 Å². The van der Waals surface area contributed by atoms with Gasteiger partial charge in [-0.25, -0.2) is 4.68 Å². The van der Waals surface area contributed by atoms with Gasteiger partial charge in [0.25, 0.3) is 5.56 Å². The van der Waals surface area contributed by atoms with Gasteiger partial charge in [-0.3, -0.25) is 9.59 Å². The van der Waals surface area contributed by atoms with Crippen LogP contribution in [0.2, 0.25) is 0 Å². The standard InChI is InChI=1S/C10H13BrN4O2/c1-15-10(17)9(11)7(5-13-15)14-6-2-3-8(16)12-4-6/h5-6,14H,2-4H2,1H3,(H,12,16). The van der Waals surface area contributed by atoms with Crippen molar-refractivity contribution in [3.63, 3.8) is 0 Å². The monoisotopic (exact) mass is 300 g/mol. The number of hydrogen-bond acceptors (Lipinski definition) is 4. The molecule has 7 heteroatoms. The summed E-state index contributed by atoms with van der Waals surface area (Å²) in [6.45, 7) is 0.570. The minimum atomic E-state index is -0.185. The SMILES string of the molecule is Cn1ncc(NC2CCC(=O)NC2)c(Br)c1=O. The Morgan fingerprint density at radius 3 is 3.00 bits per heavy atom. The summed E-state index contributed by atoms with van der Waals surface area (Å²) in [6.07, 6.45) is 2.86. The van der Waals surface area contributed by atoms with E-state index in [0.29, 0.717) is 23.1 Å². The Kier molecular flexibility index (Phi) is 3.46. The number of nitrogens with zero attached hydrogens (tertiary/aromatic N) is 2. The maximum Gasteiger partial charge on any atom is 0.282 e. The third kappa shape index (κ3) is 2.66. The Balaban J connectivity index is 2.11. The summed E-state index contributed by atoms with van der Waals surface area (Å²) in [7, 11) is 1.59. The number of carbonyl (C=O) groups is 1. The molecule has 0 bridgehead atoms. The Morgan fingerprint density at radius 2 is 2.35 bits per heavy atom. The predicted molar refractivity (Wildman–Crippen MR) is 66.8 cm³/mol. The number of amides is 1. The molecule has 2 heterocycles. The molecule has 0 saturated carbocycles. The zero-order chi connectivity index (χ0) is 12.4. The van der Waals surface area contributed by atoms with Crippen LogP contribution >= 0.6 is 15.9 Å². The van der Waals surface area contributed by atoms with Crippen molar-refractivity contribution in [1.82, 2.24) is 15.1 Å². The summed E-state index contributed by atoms with van der Waals surface area (Å²) in [5.41, 5.74) is 0.476. The highest BCUT2D eigenvalue weighted by atomic mass is 79.9. The van der Waals surface area contributed by atoms with Crippen LogP contribution in [-0.4, -0.2) is 28.3 Å². The highest BCUT2D eigenvalue weighted by Crippen LogP contribution is 2.18. The van der Waals surface area contributed by atoms with Gasteiger partial charge in [0.1, 0.15) is 4.47 Å². The summed E-state index contributed by atoms with van der Waals surface area (Å²) in [6, 6.07) is 0.137. The first-order chi connectivity index (χ1) is 8.08. The molecule has 2 N–H and O–H groups in total. The molecule has 0 radical (unpaired) electrons. The third-order valence-electron chi connectivity index (χ3n) is 2.70. The lowest BCUT2D eigenvalue weighted by molar-refractivity contribution is -0.122. The number of aromatic nitrogens is 2. The Morgan fingerprint density at radius 1 is 1.59 bits per heavy atom. The number of rotatable bonds is 2. The summed E-state index contributed by atoms with van der Waals surface area (Å²) < 4.78 is 1.73. The van der Waals surface area contributed by atoms with Crippen molar-refractivity contribution in [2.24, 2.45) is 7.05 Å². The average Bonchev–Trinajstić information content (AvgIpc) is 2.33. The normalized spacial score (nSPS) is 19.9. The fourth-order valence-electron chi connectivity index (χ4n) is 1.69. The molecule has 1 saturated heterocycles. The van der Waals surface area contributed by atoms with E-state index in [4.69, 9.17) is 0 Å². The number of halogens is 1. The Bertz CT molecular complexity index is 490. The summed E-state index contributed by atoms with van der Waals surface area (Å²) in [5.74, 6) is 0.0733. The van der Waals surface area contributed by atoms with Gasteiger partial charge in [0.15, 0.2) is 0 Å². The maximum atomic E-state index is 11.6.